The first kappa shape index (κ1) is 30.8. The summed E-state index contributed by atoms with van der Waals surface area (Å²) in [6.07, 6.45) is -1.09. The molecule has 1 saturated heterocycles. The summed E-state index contributed by atoms with van der Waals surface area (Å²) in [6, 6.07) is 24.8. The van der Waals surface area contributed by atoms with Gasteiger partial charge in [0.15, 0.2) is 24.3 Å². The molecule has 3 aromatic heterocycles. The minimum absolute atomic E-state index is 0.0703. The second-order valence-electron chi connectivity index (χ2n) is 10.6. The first-order valence-electron chi connectivity index (χ1n) is 14.8. The average molecular weight is 665 g/mol. The highest BCUT2D eigenvalue weighted by molar-refractivity contribution is 7.13. The van der Waals surface area contributed by atoms with Gasteiger partial charge >= 0.3 is 17.9 Å². The fourth-order valence-electron chi connectivity index (χ4n) is 5.42. The summed E-state index contributed by atoms with van der Waals surface area (Å²) in [5, 5.41) is 2.28. The predicted octanol–water partition coefficient (Wildman–Crippen LogP) is 5.90. The number of hydrogen-bond donors (Lipinski definition) is 0. The predicted molar refractivity (Wildman–Crippen MR) is 171 cm³/mol. The minimum Gasteiger partial charge on any atom is -0.459 e. The van der Waals surface area contributed by atoms with Gasteiger partial charge in [0, 0.05) is 17.8 Å². The number of hydrogen-bond acceptors (Lipinski definition) is 11. The molecule has 7 rings (SSSR count). The Bertz CT molecular complexity index is 2060. The van der Waals surface area contributed by atoms with Crippen LogP contribution in [0.4, 0.5) is 4.39 Å². The standard InChI is InChI=1S/C35H25FN4O7S/c36-24-18-40(30-26(24)27(38-20-39-30)31-37-16-17-48-31)32-29(47-35(43)23-14-8-3-9-15-23)28(46-34(42)22-12-6-2-7-13-22)25(45-32)19-44-33(41)21-10-4-1-5-11-21/h1-18,20,25,28-29,32H,19H2/t25-,28-,29-,32-/m1/s1. The lowest BCUT2D eigenvalue weighted by molar-refractivity contribution is -0.0605. The van der Waals surface area contributed by atoms with E-state index < -0.39 is 54.9 Å². The monoisotopic (exact) mass is 664 g/mol. The normalized spacial score (nSPS) is 18.8. The van der Waals surface area contributed by atoms with Crippen molar-refractivity contribution in [1.82, 2.24) is 19.5 Å². The molecule has 0 N–H and O–H groups in total. The molecule has 6 aromatic rings. The molecule has 1 aliphatic rings. The van der Waals surface area contributed by atoms with Crippen LogP contribution >= 0.6 is 11.3 Å². The van der Waals surface area contributed by atoms with Crippen molar-refractivity contribution in [3.05, 3.63) is 138 Å². The number of fused-ring (bicyclic) bond motifs is 1. The van der Waals surface area contributed by atoms with E-state index in [9.17, 15) is 14.4 Å². The number of esters is 3. The van der Waals surface area contributed by atoms with Crippen LogP contribution in [-0.2, 0) is 18.9 Å². The van der Waals surface area contributed by atoms with Gasteiger partial charge in [-0.1, -0.05) is 54.6 Å². The lowest BCUT2D eigenvalue weighted by atomic mass is 10.1. The number of rotatable bonds is 9. The third-order valence-electron chi connectivity index (χ3n) is 7.65. The van der Waals surface area contributed by atoms with Crippen LogP contribution in [0.3, 0.4) is 0 Å². The van der Waals surface area contributed by atoms with Gasteiger partial charge in [0.05, 0.1) is 22.1 Å². The van der Waals surface area contributed by atoms with E-state index in [0.717, 1.165) is 6.20 Å². The van der Waals surface area contributed by atoms with E-state index in [4.69, 9.17) is 18.9 Å². The summed E-state index contributed by atoms with van der Waals surface area (Å²) in [5.41, 5.74) is 1.13. The third-order valence-corrected chi connectivity index (χ3v) is 8.43. The van der Waals surface area contributed by atoms with Gasteiger partial charge in [0.1, 0.15) is 35.4 Å². The van der Waals surface area contributed by atoms with Gasteiger partial charge in [-0.3, -0.25) is 4.57 Å². The summed E-state index contributed by atoms with van der Waals surface area (Å²) in [7, 11) is 0. The first-order chi connectivity index (χ1) is 23.5. The van der Waals surface area contributed by atoms with E-state index in [-0.39, 0.29) is 27.9 Å². The molecule has 1 aliphatic heterocycles. The highest BCUT2D eigenvalue weighted by Crippen LogP contribution is 2.39. The highest BCUT2D eigenvalue weighted by atomic mass is 32.1. The van der Waals surface area contributed by atoms with Crippen molar-refractivity contribution in [2.24, 2.45) is 0 Å². The van der Waals surface area contributed by atoms with Gasteiger partial charge < -0.3 is 18.9 Å². The summed E-state index contributed by atoms with van der Waals surface area (Å²) < 4.78 is 41.1. The number of aromatic nitrogens is 4. The fourth-order valence-corrected chi connectivity index (χ4v) is 6.06. The maximum absolute atomic E-state index is 15.8. The Hall–Kier alpha value is -5.79. The molecule has 4 atom stereocenters. The lowest BCUT2D eigenvalue weighted by Crippen LogP contribution is -2.41. The van der Waals surface area contributed by atoms with Crippen molar-refractivity contribution >= 4 is 40.3 Å². The number of thiazole rings is 1. The van der Waals surface area contributed by atoms with Crippen LogP contribution in [0.2, 0.25) is 0 Å². The van der Waals surface area contributed by atoms with E-state index in [1.54, 1.807) is 103 Å². The van der Waals surface area contributed by atoms with Crippen molar-refractivity contribution < 1.29 is 37.7 Å². The van der Waals surface area contributed by atoms with Gasteiger partial charge in [0.25, 0.3) is 0 Å². The first-order valence-corrected chi connectivity index (χ1v) is 15.7. The number of halogens is 1. The Morgan fingerprint density at radius 2 is 1.35 bits per heavy atom. The van der Waals surface area contributed by atoms with Crippen LogP contribution in [0, 0.1) is 5.82 Å². The van der Waals surface area contributed by atoms with Crippen LogP contribution in [0.25, 0.3) is 21.7 Å². The molecule has 0 aliphatic carbocycles. The Labute approximate surface area is 276 Å². The Kier molecular flexibility index (Phi) is 8.69. The molecular weight excluding hydrogens is 639 g/mol. The number of benzene rings is 3. The molecule has 48 heavy (non-hydrogen) atoms. The summed E-state index contributed by atoms with van der Waals surface area (Å²) in [4.78, 5) is 52.7. The zero-order valence-electron chi connectivity index (χ0n) is 24.9. The second-order valence-corrected chi connectivity index (χ2v) is 11.5. The van der Waals surface area contributed by atoms with Crippen molar-refractivity contribution in [3.63, 3.8) is 0 Å². The summed E-state index contributed by atoms with van der Waals surface area (Å²) >= 11 is 1.28. The fraction of sp³-hybridized carbons (Fsp3) is 0.143. The van der Waals surface area contributed by atoms with Crippen molar-refractivity contribution in [2.75, 3.05) is 6.61 Å². The van der Waals surface area contributed by atoms with Crippen molar-refractivity contribution in [3.8, 4) is 10.7 Å². The molecule has 0 spiro atoms. The zero-order valence-corrected chi connectivity index (χ0v) is 25.7. The number of carbonyl (C=O) groups excluding carboxylic acids is 3. The highest BCUT2D eigenvalue weighted by Gasteiger charge is 2.52. The molecular formula is C35H25FN4O7S. The van der Waals surface area contributed by atoms with Crippen molar-refractivity contribution in [1.29, 1.82) is 0 Å². The van der Waals surface area contributed by atoms with Crippen LogP contribution in [0.1, 0.15) is 37.3 Å². The maximum atomic E-state index is 15.8. The average Bonchev–Trinajstić information content (AvgIpc) is 3.87. The van der Waals surface area contributed by atoms with Crippen LogP contribution in [-0.4, -0.2) is 62.3 Å². The number of carbonyl (C=O) groups is 3. The van der Waals surface area contributed by atoms with Gasteiger partial charge in [0.2, 0.25) is 0 Å². The zero-order chi connectivity index (χ0) is 33.0. The molecule has 0 bridgehead atoms. The van der Waals surface area contributed by atoms with Crippen LogP contribution in [0.5, 0.6) is 0 Å². The third kappa shape index (κ3) is 6.16. The van der Waals surface area contributed by atoms with E-state index in [1.807, 2.05) is 0 Å². The largest absolute Gasteiger partial charge is 0.459 e. The molecule has 4 heterocycles. The van der Waals surface area contributed by atoms with E-state index in [1.165, 1.54) is 22.2 Å². The van der Waals surface area contributed by atoms with Crippen molar-refractivity contribution in [2.45, 2.75) is 24.5 Å². The molecule has 240 valence electrons. The van der Waals surface area contributed by atoms with E-state index >= 15 is 4.39 Å². The molecule has 0 unspecified atom stereocenters. The molecule has 1 fully saturated rings. The minimum atomic E-state index is -1.35. The number of ether oxygens (including phenoxy) is 4. The molecule has 13 heteroatoms. The summed E-state index contributed by atoms with van der Waals surface area (Å²) in [6.45, 7) is -0.391. The maximum Gasteiger partial charge on any atom is 0.338 e. The lowest BCUT2D eigenvalue weighted by Gasteiger charge is -2.25. The Morgan fingerprint density at radius 1 is 0.771 bits per heavy atom. The van der Waals surface area contributed by atoms with E-state index in [0.29, 0.717) is 10.6 Å². The summed E-state index contributed by atoms with van der Waals surface area (Å²) in [5.74, 6) is -2.80. The van der Waals surface area contributed by atoms with Gasteiger partial charge in [-0.05, 0) is 36.4 Å². The van der Waals surface area contributed by atoms with E-state index in [2.05, 4.69) is 15.0 Å². The SMILES string of the molecule is O=C(OC[C@H]1O[C@@H](n2cc(F)c3c(-c4nccs4)ncnc32)[C@H](OC(=O)c2ccccc2)[C@@H]1OC(=O)c1ccccc1)c1ccccc1. The topological polar surface area (TPSA) is 132 Å². The Balaban J connectivity index is 1.30. The van der Waals surface area contributed by atoms with Gasteiger partial charge in [-0.2, -0.15) is 0 Å². The Morgan fingerprint density at radius 3 is 1.94 bits per heavy atom. The molecule has 3 aromatic carbocycles. The number of nitrogens with zero attached hydrogens (tertiary/aromatic N) is 4. The molecule has 0 radical (unpaired) electrons. The van der Waals surface area contributed by atoms with Crippen LogP contribution < -0.4 is 0 Å². The quantitative estimate of drug-likeness (QED) is 0.136. The van der Waals surface area contributed by atoms with Crippen LogP contribution in [0.15, 0.2) is 115 Å². The molecule has 0 amide bonds. The molecule has 0 saturated carbocycles. The second kappa shape index (κ2) is 13.5. The smallest absolute Gasteiger partial charge is 0.338 e. The van der Waals surface area contributed by atoms with Gasteiger partial charge in [-0.15, -0.1) is 11.3 Å². The van der Waals surface area contributed by atoms with Gasteiger partial charge in [-0.25, -0.2) is 33.7 Å². The molecule has 11 nitrogen and oxygen atoms in total.